The van der Waals surface area contributed by atoms with Crippen molar-refractivity contribution in [1.29, 1.82) is 0 Å². The van der Waals surface area contributed by atoms with Gasteiger partial charge in [-0.1, -0.05) is 5.16 Å². The molecule has 1 fully saturated rings. The summed E-state index contributed by atoms with van der Waals surface area (Å²) >= 11 is 3.34. The molecule has 1 saturated heterocycles. The molecule has 0 bridgehead atoms. The van der Waals surface area contributed by atoms with Crippen LogP contribution in [0.2, 0.25) is 0 Å². The molecule has 6 nitrogen and oxygen atoms in total. The molecule has 0 amide bonds. The highest BCUT2D eigenvalue weighted by molar-refractivity contribution is 9.10. The summed E-state index contributed by atoms with van der Waals surface area (Å²) in [4.78, 5) is 8.63. The van der Waals surface area contributed by atoms with Crippen LogP contribution in [-0.4, -0.2) is 34.9 Å². The standard InChI is InChI=1S/C12H13BrN4O2/c1-18-8-4-10(15-6-8)12-16-11(17-19-12)9-3-2-7(13)5-14-9/h2-3,5,8,10,15H,4,6H2,1H3/t8-,10+/m0/s1. The third kappa shape index (κ3) is 2.68. The van der Waals surface area contributed by atoms with Gasteiger partial charge in [0.1, 0.15) is 5.69 Å². The van der Waals surface area contributed by atoms with E-state index < -0.39 is 0 Å². The van der Waals surface area contributed by atoms with Gasteiger partial charge in [-0.05, 0) is 34.5 Å². The third-order valence-electron chi connectivity index (χ3n) is 3.12. The number of nitrogens with zero attached hydrogens (tertiary/aromatic N) is 3. The van der Waals surface area contributed by atoms with E-state index in [-0.39, 0.29) is 12.1 Å². The van der Waals surface area contributed by atoms with Crippen molar-refractivity contribution in [3.63, 3.8) is 0 Å². The maximum Gasteiger partial charge on any atom is 0.244 e. The first-order chi connectivity index (χ1) is 9.26. The number of methoxy groups -OCH3 is 1. The van der Waals surface area contributed by atoms with E-state index in [1.54, 1.807) is 13.3 Å². The lowest BCUT2D eigenvalue weighted by Crippen LogP contribution is -2.16. The average molecular weight is 325 g/mol. The molecule has 100 valence electrons. The Morgan fingerprint density at radius 1 is 1.47 bits per heavy atom. The Labute approximate surface area is 118 Å². The van der Waals surface area contributed by atoms with E-state index in [0.29, 0.717) is 17.4 Å². The molecule has 3 rings (SSSR count). The molecule has 1 aliphatic rings. The Balaban J connectivity index is 1.78. The monoisotopic (exact) mass is 324 g/mol. The molecule has 3 heterocycles. The largest absolute Gasteiger partial charge is 0.380 e. The number of ether oxygens (including phenoxy) is 1. The van der Waals surface area contributed by atoms with Crippen LogP contribution in [0.3, 0.4) is 0 Å². The van der Waals surface area contributed by atoms with Crippen LogP contribution in [0, 0.1) is 0 Å². The van der Waals surface area contributed by atoms with Gasteiger partial charge in [0.15, 0.2) is 0 Å². The average Bonchev–Trinajstić information content (AvgIpc) is 3.08. The molecule has 0 saturated carbocycles. The molecule has 0 aliphatic carbocycles. The van der Waals surface area contributed by atoms with Gasteiger partial charge >= 0.3 is 0 Å². The molecular weight excluding hydrogens is 312 g/mol. The number of nitrogens with one attached hydrogen (secondary N) is 1. The third-order valence-corrected chi connectivity index (χ3v) is 3.59. The van der Waals surface area contributed by atoms with Crippen LogP contribution >= 0.6 is 15.9 Å². The fourth-order valence-corrected chi connectivity index (χ4v) is 2.29. The minimum absolute atomic E-state index is 0.0571. The summed E-state index contributed by atoms with van der Waals surface area (Å²) in [6.07, 6.45) is 2.75. The van der Waals surface area contributed by atoms with Gasteiger partial charge in [-0.25, -0.2) is 0 Å². The van der Waals surface area contributed by atoms with Crippen molar-refractivity contribution in [3.05, 3.63) is 28.7 Å². The number of hydrogen-bond donors (Lipinski definition) is 1. The maximum absolute atomic E-state index is 5.30. The second-order valence-corrected chi connectivity index (χ2v) is 5.29. The summed E-state index contributed by atoms with van der Waals surface area (Å²) < 4.78 is 11.5. The summed E-state index contributed by atoms with van der Waals surface area (Å²) in [5.74, 6) is 1.09. The molecule has 19 heavy (non-hydrogen) atoms. The Morgan fingerprint density at radius 3 is 3.05 bits per heavy atom. The van der Waals surface area contributed by atoms with Gasteiger partial charge in [-0.2, -0.15) is 4.98 Å². The Kier molecular flexibility index (Phi) is 3.58. The van der Waals surface area contributed by atoms with Crippen molar-refractivity contribution < 1.29 is 9.26 Å². The number of pyridine rings is 1. The van der Waals surface area contributed by atoms with Crippen molar-refractivity contribution in [2.45, 2.75) is 18.6 Å². The fourth-order valence-electron chi connectivity index (χ4n) is 2.06. The van der Waals surface area contributed by atoms with E-state index in [4.69, 9.17) is 9.26 Å². The summed E-state index contributed by atoms with van der Waals surface area (Å²) in [7, 11) is 1.71. The maximum atomic E-state index is 5.30. The first-order valence-corrected chi connectivity index (χ1v) is 6.77. The molecule has 2 atom stereocenters. The van der Waals surface area contributed by atoms with Gasteiger partial charge in [-0.15, -0.1) is 0 Å². The molecule has 0 radical (unpaired) electrons. The van der Waals surface area contributed by atoms with Crippen LogP contribution in [0.4, 0.5) is 0 Å². The van der Waals surface area contributed by atoms with E-state index in [9.17, 15) is 0 Å². The lowest BCUT2D eigenvalue weighted by molar-refractivity contribution is 0.116. The van der Waals surface area contributed by atoms with Gasteiger partial charge in [0.25, 0.3) is 0 Å². The second-order valence-electron chi connectivity index (χ2n) is 4.37. The van der Waals surface area contributed by atoms with Gasteiger partial charge < -0.3 is 14.6 Å². The molecule has 0 spiro atoms. The molecular formula is C12H13BrN4O2. The topological polar surface area (TPSA) is 73.1 Å². The first kappa shape index (κ1) is 12.7. The lowest BCUT2D eigenvalue weighted by Gasteiger charge is -2.04. The summed E-state index contributed by atoms with van der Waals surface area (Å²) in [5.41, 5.74) is 0.694. The second kappa shape index (κ2) is 5.36. The Morgan fingerprint density at radius 2 is 2.37 bits per heavy atom. The first-order valence-electron chi connectivity index (χ1n) is 5.98. The molecule has 7 heteroatoms. The number of rotatable bonds is 3. The lowest BCUT2D eigenvalue weighted by atomic mass is 10.2. The molecule has 0 aromatic carbocycles. The molecule has 1 aliphatic heterocycles. The summed E-state index contributed by atoms with van der Waals surface area (Å²) in [6, 6.07) is 3.80. The van der Waals surface area contributed by atoms with Crippen LogP contribution in [0.15, 0.2) is 27.3 Å². The van der Waals surface area contributed by atoms with Crippen molar-refractivity contribution in [2.24, 2.45) is 0 Å². The fraction of sp³-hybridized carbons (Fsp3) is 0.417. The van der Waals surface area contributed by atoms with E-state index in [2.05, 4.69) is 36.4 Å². The Bertz CT molecular complexity index is 557. The van der Waals surface area contributed by atoms with Crippen molar-refractivity contribution in [3.8, 4) is 11.5 Å². The van der Waals surface area contributed by atoms with E-state index in [1.165, 1.54) is 0 Å². The number of hydrogen-bond acceptors (Lipinski definition) is 6. The van der Waals surface area contributed by atoms with Gasteiger partial charge in [0, 0.05) is 24.3 Å². The Hall–Kier alpha value is -1.31. The van der Waals surface area contributed by atoms with Crippen LogP contribution in [0.5, 0.6) is 0 Å². The van der Waals surface area contributed by atoms with Gasteiger partial charge in [0.05, 0.1) is 12.1 Å². The van der Waals surface area contributed by atoms with E-state index in [1.807, 2.05) is 12.1 Å². The van der Waals surface area contributed by atoms with E-state index >= 15 is 0 Å². The zero-order chi connectivity index (χ0) is 13.2. The highest BCUT2D eigenvalue weighted by Gasteiger charge is 2.29. The van der Waals surface area contributed by atoms with Crippen LogP contribution in [0.1, 0.15) is 18.4 Å². The molecule has 2 aromatic heterocycles. The number of halogens is 1. The van der Waals surface area contributed by atoms with Gasteiger partial charge in [-0.3, -0.25) is 4.98 Å². The van der Waals surface area contributed by atoms with E-state index in [0.717, 1.165) is 17.4 Å². The predicted octanol–water partition coefficient (Wildman–Crippen LogP) is 1.94. The highest BCUT2D eigenvalue weighted by Crippen LogP contribution is 2.25. The minimum Gasteiger partial charge on any atom is -0.380 e. The molecule has 1 N–H and O–H groups in total. The normalized spacial score (nSPS) is 22.8. The van der Waals surface area contributed by atoms with Crippen molar-refractivity contribution >= 4 is 15.9 Å². The smallest absolute Gasteiger partial charge is 0.244 e. The van der Waals surface area contributed by atoms with Gasteiger partial charge in [0.2, 0.25) is 11.7 Å². The van der Waals surface area contributed by atoms with Crippen LogP contribution in [-0.2, 0) is 4.74 Å². The van der Waals surface area contributed by atoms with Crippen molar-refractivity contribution in [2.75, 3.05) is 13.7 Å². The van der Waals surface area contributed by atoms with Crippen LogP contribution in [0.25, 0.3) is 11.5 Å². The molecule has 0 unspecified atom stereocenters. The van der Waals surface area contributed by atoms with Crippen LogP contribution < -0.4 is 5.32 Å². The van der Waals surface area contributed by atoms with Crippen molar-refractivity contribution in [1.82, 2.24) is 20.4 Å². The minimum atomic E-state index is 0.0571. The SMILES string of the molecule is CO[C@@H]1CN[C@@H](c2nc(-c3ccc(Br)cn3)no2)C1. The quantitative estimate of drug-likeness (QED) is 0.930. The zero-order valence-corrected chi connectivity index (χ0v) is 11.9. The summed E-state index contributed by atoms with van der Waals surface area (Å²) in [6.45, 7) is 0.801. The predicted molar refractivity (Wildman–Crippen MR) is 71.4 cm³/mol. The summed E-state index contributed by atoms with van der Waals surface area (Å²) in [5, 5.41) is 7.27. The molecule has 2 aromatic rings. The highest BCUT2D eigenvalue weighted by atomic mass is 79.9. The zero-order valence-electron chi connectivity index (χ0n) is 10.3. The number of aromatic nitrogens is 3.